The summed E-state index contributed by atoms with van der Waals surface area (Å²) in [5.41, 5.74) is 6.77. The van der Waals surface area contributed by atoms with Crippen LogP contribution in [0.15, 0.2) is 30.5 Å². The molecule has 0 radical (unpaired) electrons. The third-order valence-corrected chi connectivity index (χ3v) is 4.80. The van der Waals surface area contributed by atoms with Crippen LogP contribution in [0, 0.1) is 12.8 Å². The summed E-state index contributed by atoms with van der Waals surface area (Å²) in [6, 6.07) is 7.91. The molecule has 0 saturated carbocycles. The number of hydrogen-bond donors (Lipinski definition) is 0. The zero-order chi connectivity index (χ0) is 15.3. The second-order valence-electron chi connectivity index (χ2n) is 6.28. The molecular formula is C18H18ClN3. The zero-order valence-corrected chi connectivity index (χ0v) is 13.6. The molecule has 1 aromatic carbocycles. The smallest absolute Gasteiger partial charge is 0.163 e. The SMILES string of the molecule is Cc1nn2c3c(cnc2c1-c1cccc(Cl)c1)CC(C)CC3. The second-order valence-corrected chi connectivity index (χ2v) is 6.72. The summed E-state index contributed by atoms with van der Waals surface area (Å²) < 4.78 is 2.05. The van der Waals surface area contributed by atoms with Crippen LogP contribution >= 0.6 is 11.6 Å². The van der Waals surface area contributed by atoms with Gasteiger partial charge >= 0.3 is 0 Å². The number of benzene rings is 1. The van der Waals surface area contributed by atoms with Gasteiger partial charge in [0.15, 0.2) is 5.65 Å². The number of nitrogens with zero attached hydrogens (tertiary/aromatic N) is 3. The van der Waals surface area contributed by atoms with Gasteiger partial charge in [-0.15, -0.1) is 0 Å². The Morgan fingerprint density at radius 2 is 2.18 bits per heavy atom. The standard InChI is InChI=1S/C18H18ClN3/c1-11-6-7-16-14(8-11)10-20-18-17(12(2)21-22(16)18)13-4-3-5-15(19)9-13/h3-5,9-11H,6-8H2,1-2H3. The van der Waals surface area contributed by atoms with Gasteiger partial charge in [0.2, 0.25) is 0 Å². The first-order valence-electron chi connectivity index (χ1n) is 7.75. The van der Waals surface area contributed by atoms with Crippen molar-refractivity contribution in [2.75, 3.05) is 0 Å². The summed E-state index contributed by atoms with van der Waals surface area (Å²) in [5, 5.41) is 5.51. The van der Waals surface area contributed by atoms with Crippen LogP contribution in [0.5, 0.6) is 0 Å². The predicted molar refractivity (Wildman–Crippen MR) is 89.4 cm³/mol. The molecule has 2 heterocycles. The topological polar surface area (TPSA) is 30.2 Å². The molecule has 4 heteroatoms. The van der Waals surface area contributed by atoms with Crippen LogP contribution in [0.4, 0.5) is 0 Å². The number of halogens is 1. The molecule has 0 bridgehead atoms. The molecule has 0 saturated heterocycles. The highest BCUT2D eigenvalue weighted by Gasteiger charge is 2.22. The number of aromatic nitrogens is 3. The van der Waals surface area contributed by atoms with E-state index in [0.29, 0.717) is 0 Å². The first kappa shape index (κ1) is 13.8. The molecule has 0 fully saturated rings. The molecule has 1 aliphatic rings. The fourth-order valence-corrected chi connectivity index (χ4v) is 3.64. The molecule has 0 N–H and O–H groups in total. The van der Waals surface area contributed by atoms with Crippen molar-refractivity contribution < 1.29 is 0 Å². The number of hydrogen-bond acceptors (Lipinski definition) is 2. The minimum Gasteiger partial charge on any atom is -0.236 e. The van der Waals surface area contributed by atoms with Crippen molar-refractivity contribution in [3.05, 3.63) is 52.4 Å². The Kier molecular flexibility index (Phi) is 3.19. The maximum Gasteiger partial charge on any atom is 0.163 e. The molecule has 1 atom stereocenters. The fraction of sp³-hybridized carbons (Fsp3) is 0.333. The summed E-state index contributed by atoms with van der Waals surface area (Å²) in [4.78, 5) is 4.71. The highest BCUT2D eigenvalue weighted by molar-refractivity contribution is 6.30. The van der Waals surface area contributed by atoms with Gasteiger partial charge in [-0.05, 0) is 55.4 Å². The van der Waals surface area contributed by atoms with Crippen molar-refractivity contribution in [3.63, 3.8) is 0 Å². The quantitative estimate of drug-likeness (QED) is 0.663. The van der Waals surface area contributed by atoms with Gasteiger partial charge < -0.3 is 0 Å². The van der Waals surface area contributed by atoms with E-state index in [2.05, 4.69) is 13.0 Å². The van der Waals surface area contributed by atoms with Crippen molar-refractivity contribution in [3.8, 4) is 11.1 Å². The monoisotopic (exact) mass is 311 g/mol. The minimum absolute atomic E-state index is 0.732. The maximum atomic E-state index is 6.15. The average molecular weight is 312 g/mol. The van der Waals surface area contributed by atoms with Gasteiger partial charge in [-0.25, -0.2) is 9.50 Å². The molecular weight excluding hydrogens is 294 g/mol. The largest absolute Gasteiger partial charge is 0.236 e. The lowest BCUT2D eigenvalue weighted by Gasteiger charge is -2.21. The molecule has 22 heavy (non-hydrogen) atoms. The van der Waals surface area contributed by atoms with Crippen LogP contribution in [-0.2, 0) is 12.8 Å². The summed E-state index contributed by atoms with van der Waals surface area (Å²) in [7, 11) is 0. The molecule has 112 valence electrons. The van der Waals surface area contributed by atoms with E-state index in [1.54, 1.807) is 0 Å². The van der Waals surface area contributed by atoms with Gasteiger partial charge in [0.05, 0.1) is 5.69 Å². The molecule has 4 rings (SSSR count). The van der Waals surface area contributed by atoms with Crippen molar-refractivity contribution in [1.29, 1.82) is 0 Å². The predicted octanol–water partition coefficient (Wildman–Crippen LogP) is 4.48. The molecule has 3 aromatic rings. The summed E-state index contributed by atoms with van der Waals surface area (Å²) in [6.07, 6.45) is 5.43. The zero-order valence-electron chi connectivity index (χ0n) is 12.8. The summed E-state index contributed by atoms with van der Waals surface area (Å²) in [5.74, 6) is 0.732. The third kappa shape index (κ3) is 2.12. The van der Waals surface area contributed by atoms with Gasteiger partial charge in [-0.1, -0.05) is 30.7 Å². The van der Waals surface area contributed by atoms with E-state index in [1.165, 1.54) is 17.7 Å². The normalized spacial score (nSPS) is 17.7. The van der Waals surface area contributed by atoms with E-state index in [-0.39, 0.29) is 0 Å². The maximum absolute atomic E-state index is 6.15. The highest BCUT2D eigenvalue weighted by atomic mass is 35.5. The van der Waals surface area contributed by atoms with E-state index in [4.69, 9.17) is 21.7 Å². The number of aryl methyl sites for hydroxylation is 2. The lowest BCUT2D eigenvalue weighted by molar-refractivity contribution is 0.485. The average Bonchev–Trinajstić information content (AvgIpc) is 2.83. The van der Waals surface area contributed by atoms with Crippen molar-refractivity contribution in [1.82, 2.24) is 14.6 Å². The third-order valence-electron chi connectivity index (χ3n) is 4.56. The van der Waals surface area contributed by atoms with E-state index in [9.17, 15) is 0 Å². The number of rotatable bonds is 1. The Labute approximate surface area is 135 Å². The van der Waals surface area contributed by atoms with Crippen LogP contribution in [0.3, 0.4) is 0 Å². The Bertz CT molecular complexity index is 866. The van der Waals surface area contributed by atoms with Crippen LogP contribution in [0.2, 0.25) is 5.02 Å². The van der Waals surface area contributed by atoms with E-state index < -0.39 is 0 Å². The van der Waals surface area contributed by atoms with Gasteiger partial charge in [0.25, 0.3) is 0 Å². The van der Waals surface area contributed by atoms with Crippen molar-refractivity contribution in [2.24, 2.45) is 5.92 Å². The van der Waals surface area contributed by atoms with Crippen molar-refractivity contribution >= 4 is 17.2 Å². The Morgan fingerprint density at radius 1 is 1.32 bits per heavy atom. The lowest BCUT2D eigenvalue weighted by Crippen LogP contribution is -2.16. The minimum atomic E-state index is 0.732. The summed E-state index contributed by atoms with van der Waals surface area (Å²) in [6.45, 7) is 4.35. The molecule has 0 spiro atoms. The van der Waals surface area contributed by atoms with Gasteiger partial charge in [-0.2, -0.15) is 5.10 Å². The molecule has 2 aromatic heterocycles. The van der Waals surface area contributed by atoms with Crippen LogP contribution < -0.4 is 0 Å². The Hall–Kier alpha value is -1.87. The molecule has 0 aliphatic heterocycles. The van der Waals surface area contributed by atoms with E-state index >= 15 is 0 Å². The first-order chi connectivity index (χ1) is 10.6. The fourth-order valence-electron chi connectivity index (χ4n) is 3.45. The van der Waals surface area contributed by atoms with Gasteiger partial charge in [0.1, 0.15) is 0 Å². The summed E-state index contributed by atoms with van der Waals surface area (Å²) >= 11 is 6.15. The molecule has 3 nitrogen and oxygen atoms in total. The van der Waals surface area contributed by atoms with Crippen LogP contribution in [0.25, 0.3) is 16.8 Å². The highest BCUT2D eigenvalue weighted by Crippen LogP contribution is 2.32. The van der Waals surface area contributed by atoms with Gasteiger partial charge in [0, 0.05) is 22.5 Å². The van der Waals surface area contributed by atoms with E-state index in [0.717, 1.165) is 46.3 Å². The molecule has 0 amide bonds. The number of fused-ring (bicyclic) bond motifs is 3. The lowest BCUT2D eigenvalue weighted by atomic mass is 9.89. The second kappa shape index (κ2) is 5.10. The van der Waals surface area contributed by atoms with Gasteiger partial charge in [-0.3, -0.25) is 0 Å². The molecule has 1 aliphatic carbocycles. The van der Waals surface area contributed by atoms with Crippen LogP contribution in [0.1, 0.15) is 30.3 Å². The Morgan fingerprint density at radius 3 is 3.00 bits per heavy atom. The van der Waals surface area contributed by atoms with Crippen LogP contribution in [-0.4, -0.2) is 14.6 Å². The Balaban J connectivity index is 1.96. The van der Waals surface area contributed by atoms with Crippen molar-refractivity contribution in [2.45, 2.75) is 33.1 Å². The van der Waals surface area contributed by atoms with E-state index in [1.807, 2.05) is 35.8 Å². The first-order valence-corrected chi connectivity index (χ1v) is 8.13. The molecule has 1 unspecified atom stereocenters.